The second-order valence-electron chi connectivity index (χ2n) is 3.06. The summed E-state index contributed by atoms with van der Waals surface area (Å²) in [5.41, 5.74) is 0. The van der Waals surface area contributed by atoms with Crippen molar-refractivity contribution in [1.82, 2.24) is 4.31 Å². The van der Waals surface area contributed by atoms with E-state index in [1.54, 1.807) is 11.9 Å². The fraction of sp³-hybridized carbons (Fsp3) is 0.400. The number of hydrogen-bond donors (Lipinski definition) is 0. The van der Waals surface area contributed by atoms with Crippen LogP contribution >= 0.6 is 27.9 Å². The molecule has 0 spiro atoms. The minimum Gasteiger partial charge on any atom is -0.379 e. The lowest BCUT2D eigenvalue weighted by Crippen LogP contribution is -2.30. The van der Waals surface area contributed by atoms with Crippen molar-refractivity contribution in [3.05, 3.63) is 28.7 Å². The quantitative estimate of drug-likeness (QED) is 0.769. The van der Waals surface area contributed by atoms with Gasteiger partial charge in [0.05, 0.1) is 13.2 Å². The van der Waals surface area contributed by atoms with Crippen molar-refractivity contribution in [2.24, 2.45) is 0 Å². The van der Waals surface area contributed by atoms with Crippen molar-refractivity contribution < 1.29 is 4.74 Å². The zero-order chi connectivity index (χ0) is 9.80. The largest absolute Gasteiger partial charge is 0.379 e. The number of halogens is 1. The topological polar surface area (TPSA) is 12.5 Å². The average molecular weight is 274 g/mol. The van der Waals surface area contributed by atoms with Crippen molar-refractivity contribution in [2.75, 3.05) is 26.3 Å². The number of ether oxygens (including phenoxy) is 1. The number of morpholine rings is 1. The van der Waals surface area contributed by atoms with Crippen LogP contribution in [0.4, 0.5) is 0 Å². The first-order valence-corrected chi connectivity index (χ1v) is 6.18. The summed E-state index contributed by atoms with van der Waals surface area (Å²) < 4.78 is 8.80. The van der Waals surface area contributed by atoms with E-state index >= 15 is 0 Å². The van der Waals surface area contributed by atoms with Gasteiger partial charge in [-0.2, -0.15) is 0 Å². The van der Waals surface area contributed by atoms with E-state index in [1.165, 1.54) is 4.90 Å². The van der Waals surface area contributed by atoms with Gasteiger partial charge in [0, 0.05) is 22.5 Å². The predicted octanol–water partition coefficient (Wildman–Crippen LogP) is 2.79. The summed E-state index contributed by atoms with van der Waals surface area (Å²) >= 11 is 5.34. The summed E-state index contributed by atoms with van der Waals surface area (Å²) in [6.07, 6.45) is 0. The highest BCUT2D eigenvalue weighted by Gasteiger charge is 2.12. The van der Waals surface area contributed by atoms with Crippen molar-refractivity contribution in [2.45, 2.75) is 4.90 Å². The Hall–Kier alpha value is -0.0300. The lowest BCUT2D eigenvalue weighted by Gasteiger charge is -2.25. The van der Waals surface area contributed by atoms with Crippen LogP contribution in [0.2, 0.25) is 0 Å². The Balaban J connectivity index is 1.99. The summed E-state index contributed by atoms with van der Waals surface area (Å²) in [6.45, 7) is 3.70. The molecule has 0 atom stereocenters. The van der Waals surface area contributed by atoms with Gasteiger partial charge >= 0.3 is 0 Å². The highest BCUT2D eigenvalue weighted by atomic mass is 79.9. The third-order valence-electron chi connectivity index (χ3n) is 2.03. The monoisotopic (exact) mass is 273 g/mol. The van der Waals surface area contributed by atoms with E-state index in [4.69, 9.17) is 4.74 Å². The molecule has 1 aromatic carbocycles. The number of hydrogen-bond acceptors (Lipinski definition) is 3. The second-order valence-corrected chi connectivity index (χ2v) is 5.06. The number of nitrogens with zero attached hydrogens (tertiary/aromatic N) is 1. The molecular formula is C10H12BrNOS. The van der Waals surface area contributed by atoms with Gasteiger partial charge in [0.25, 0.3) is 0 Å². The van der Waals surface area contributed by atoms with Gasteiger partial charge in [0.15, 0.2) is 0 Å². The van der Waals surface area contributed by atoms with Crippen molar-refractivity contribution in [1.29, 1.82) is 0 Å². The summed E-state index contributed by atoms with van der Waals surface area (Å²) in [4.78, 5) is 1.27. The molecule has 1 fully saturated rings. The maximum atomic E-state index is 5.30. The van der Waals surface area contributed by atoms with Crippen LogP contribution < -0.4 is 0 Å². The van der Waals surface area contributed by atoms with E-state index in [1.807, 2.05) is 6.07 Å². The molecule has 2 rings (SSSR count). The van der Waals surface area contributed by atoms with Gasteiger partial charge in [-0.15, -0.1) is 0 Å². The van der Waals surface area contributed by atoms with Crippen LogP contribution in [0.15, 0.2) is 33.6 Å². The standard InChI is InChI=1S/C10H12BrNOS/c11-9-3-1-2-4-10(9)14-12-5-7-13-8-6-12/h1-4H,5-8H2. The first-order chi connectivity index (χ1) is 6.86. The van der Waals surface area contributed by atoms with Crippen molar-refractivity contribution in [3.63, 3.8) is 0 Å². The lowest BCUT2D eigenvalue weighted by molar-refractivity contribution is 0.0773. The molecule has 0 N–H and O–H groups in total. The molecule has 0 aliphatic carbocycles. The highest BCUT2D eigenvalue weighted by molar-refractivity contribution is 9.10. The lowest BCUT2D eigenvalue weighted by atomic mass is 10.4. The Bertz CT molecular complexity index is 302. The molecule has 0 saturated carbocycles. The van der Waals surface area contributed by atoms with E-state index in [2.05, 4.69) is 38.4 Å². The molecule has 1 aliphatic heterocycles. The molecule has 2 nitrogen and oxygen atoms in total. The molecule has 0 aromatic heterocycles. The van der Waals surface area contributed by atoms with Crippen LogP contribution in [0.1, 0.15) is 0 Å². The molecule has 1 heterocycles. The number of benzene rings is 1. The summed E-state index contributed by atoms with van der Waals surface area (Å²) in [7, 11) is 0. The molecular weight excluding hydrogens is 262 g/mol. The van der Waals surface area contributed by atoms with Gasteiger partial charge in [-0.1, -0.05) is 12.1 Å². The second kappa shape index (κ2) is 5.16. The Morgan fingerprint density at radius 2 is 1.93 bits per heavy atom. The maximum Gasteiger partial charge on any atom is 0.0603 e. The minimum atomic E-state index is 0.845. The Morgan fingerprint density at radius 1 is 1.21 bits per heavy atom. The SMILES string of the molecule is Brc1ccccc1SN1CCOCC1. The van der Waals surface area contributed by atoms with Gasteiger partial charge in [-0.05, 0) is 40.0 Å². The predicted molar refractivity (Wildman–Crippen MR) is 62.4 cm³/mol. The molecule has 14 heavy (non-hydrogen) atoms. The van der Waals surface area contributed by atoms with Crippen LogP contribution in [-0.2, 0) is 4.74 Å². The van der Waals surface area contributed by atoms with Gasteiger partial charge in [-0.3, -0.25) is 0 Å². The van der Waals surface area contributed by atoms with Crippen LogP contribution in [0.25, 0.3) is 0 Å². The zero-order valence-electron chi connectivity index (χ0n) is 7.78. The smallest absolute Gasteiger partial charge is 0.0603 e. The van der Waals surface area contributed by atoms with E-state index < -0.39 is 0 Å². The highest BCUT2D eigenvalue weighted by Crippen LogP contribution is 2.29. The van der Waals surface area contributed by atoms with Gasteiger partial charge in [-0.25, -0.2) is 4.31 Å². The third-order valence-corrected chi connectivity index (χ3v) is 4.16. The van der Waals surface area contributed by atoms with Crippen molar-refractivity contribution >= 4 is 27.9 Å². The van der Waals surface area contributed by atoms with E-state index in [-0.39, 0.29) is 0 Å². The molecule has 0 amide bonds. The molecule has 76 valence electrons. The molecule has 1 aliphatic rings. The van der Waals surface area contributed by atoms with Crippen LogP contribution in [-0.4, -0.2) is 30.6 Å². The first kappa shape index (κ1) is 10.5. The normalized spacial score (nSPS) is 18.4. The van der Waals surface area contributed by atoms with Crippen LogP contribution in [0, 0.1) is 0 Å². The van der Waals surface area contributed by atoms with Gasteiger partial charge < -0.3 is 4.74 Å². The fourth-order valence-corrected chi connectivity index (χ4v) is 2.70. The molecule has 1 saturated heterocycles. The van der Waals surface area contributed by atoms with E-state index in [0.29, 0.717) is 0 Å². The molecule has 1 aromatic rings. The molecule has 4 heteroatoms. The molecule has 0 radical (unpaired) electrons. The first-order valence-electron chi connectivity index (χ1n) is 4.61. The Kier molecular flexibility index (Phi) is 3.87. The minimum absolute atomic E-state index is 0.845. The van der Waals surface area contributed by atoms with E-state index in [9.17, 15) is 0 Å². The molecule has 0 bridgehead atoms. The number of rotatable bonds is 2. The third kappa shape index (κ3) is 2.73. The average Bonchev–Trinajstić information content (AvgIpc) is 2.23. The van der Waals surface area contributed by atoms with Crippen LogP contribution in [0.5, 0.6) is 0 Å². The van der Waals surface area contributed by atoms with Gasteiger partial charge in [0.1, 0.15) is 0 Å². The Labute approximate surface area is 96.9 Å². The zero-order valence-corrected chi connectivity index (χ0v) is 10.2. The van der Waals surface area contributed by atoms with E-state index in [0.717, 1.165) is 30.8 Å². The summed E-state index contributed by atoms with van der Waals surface area (Å²) in [5.74, 6) is 0. The Morgan fingerprint density at radius 3 is 2.64 bits per heavy atom. The van der Waals surface area contributed by atoms with Crippen molar-refractivity contribution in [3.8, 4) is 0 Å². The van der Waals surface area contributed by atoms with Gasteiger partial charge in [0.2, 0.25) is 0 Å². The van der Waals surface area contributed by atoms with Crippen LogP contribution in [0.3, 0.4) is 0 Å². The summed E-state index contributed by atoms with van der Waals surface area (Å²) in [6, 6.07) is 8.30. The maximum absolute atomic E-state index is 5.30. The summed E-state index contributed by atoms with van der Waals surface area (Å²) in [5, 5.41) is 0. The fourth-order valence-electron chi connectivity index (χ4n) is 1.30. The molecule has 0 unspecified atom stereocenters.